The number of unbranched alkanes of at least 4 members (excludes halogenated alkanes) is 36. The highest BCUT2D eigenvalue weighted by molar-refractivity contribution is 7.47. The van der Waals surface area contributed by atoms with Crippen LogP contribution in [0.15, 0.2) is 0 Å². The summed E-state index contributed by atoms with van der Waals surface area (Å²) < 4.78 is 68.4. The van der Waals surface area contributed by atoms with Gasteiger partial charge in [0, 0.05) is 25.7 Å². The van der Waals surface area contributed by atoms with Gasteiger partial charge in [0.15, 0.2) is 12.2 Å². The Balaban J connectivity index is 5.23. The first-order valence-corrected chi connectivity index (χ1v) is 41.2. The molecule has 0 aliphatic carbocycles. The molecule has 0 rings (SSSR count). The Bertz CT molecular complexity index is 1840. The molecule has 93 heavy (non-hydrogen) atoms. The average Bonchev–Trinajstić information content (AvgIpc) is 2.69. The van der Waals surface area contributed by atoms with E-state index in [2.05, 4.69) is 55.4 Å². The maximum absolute atomic E-state index is 13.0. The molecule has 0 bridgehead atoms. The molecule has 3 N–H and O–H groups in total. The summed E-state index contributed by atoms with van der Waals surface area (Å²) >= 11 is 0. The number of hydrogen-bond acceptors (Lipinski definition) is 15. The van der Waals surface area contributed by atoms with Gasteiger partial charge in [0.05, 0.1) is 26.4 Å². The molecule has 0 saturated carbocycles. The second-order valence-corrected chi connectivity index (χ2v) is 31.3. The van der Waals surface area contributed by atoms with Crippen molar-refractivity contribution in [2.45, 2.75) is 388 Å². The van der Waals surface area contributed by atoms with E-state index in [0.717, 1.165) is 114 Å². The molecule has 17 nitrogen and oxygen atoms in total. The molecule has 0 aromatic heterocycles. The predicted molar refractivity (Wildman–Crippen MR) is 377 cm³/mol. The summed E-state index contributed by atoms with van der Waals surface area (Å²) in [7, 11) is -9.91. The third-order valence-corrected chi connectivity index (χ3v) is 19.3. The zero-order valence-electron chi connectivity index (χ0n) is 60.9. The van der Waals surface area contributed by atoms with Crippen LogP contribution in [-0.4, -0.2) is 96.7 Å². The van der Waals surface area contributed by atoms with Crippen molar-refractivity contribution in [3.05, 3.63) is 0 Å². The lowest BCUT2D eigenvalue weighted by atomic mass is 9.99. The van der Waals surface area contributed by atoms with Crippen LogP contribution in [0.2, 0.25) is 0 Å². The molecule has 3 unspecified atom stereocenters. The van der Waals surface area contributed by atoms with Gasteiger partial charge < -0.3 is 33.8 Å². The van der Waals surface area contributed by atoms with Crippen molar-refractivity contribution in [3.63, 3.8) is 0 Å². The summed E-state index contributed by atoms with van der Waals surface area (Å²) in [4.78, 5) is 72.7. The largest absolute Gasteiger partial charge is 0.472 e. The quantitative estimate of drug-likeness (QED) is 0.0222. The van der Waals surface area contributed by atoms with E-state index >= 15 is 0 Å². The van der Waals surface area contributed by atoms with Gasteiger partial charge in [-0.3, -0.25) is 37.3 Å². The van der Waals surface area contributed by atoms with Crippen molar-refractivity contribution in [2.75, 3.05) is 39.6 Å². The van der Waals surface area contributed by atoms with Crippen molar-refractivity contribution in [3.8, 4) is 0 Å². The predicted octanol–water partition coefficient (Wildman–Crippen LogP) is 21.3. The topological polar surface area (TPSA) is 237 Å². The minimum Gasteiger partial charge on any atom is -0.462 e. The molecule has 0 fully saturated rings. The number of phosphoric ester groups is 2. The molecule has 0 aliphatic rings. The minimum absolute atomic E-state index is 0.106. The number of phosphoric acid groups is 2. The van der Waals surface area contributed by atoms with Gasteiger partial charge in [-0.1, -0.05) is 319 Å². The van der Waals surface area contributed by atoms with Crippen LogP contribution in [-0.2, 0) is 65.4 Å². The number of aliphatic hydroxyl groups is 1. The molecule has 552 valence electrons. The van der Waals surface area contributed by atoms with Gasteiger partial charge in [-0.15, -0.1) is 0 Å². The van der Waals surface area contributed by atoms with Crippen molar-refractivity contribution in [2.24, 2.45) is 23.7 Å². The van der Waals surface area contributed by atoms with Crippen LogP contribution < -0.4 is 0 Å². The maximum Gasteiger partial charge on any atom is 0.472 e. The number of ether oxygens (including phenoxy) is 4. The molecule has 0 saturated heterocycles. The van der Waals surface area contributed by atoms with Gasteiger partial charge in [0.2, 0.25) is 0 Å². The minimum atomic E-state index is -4.96. The highest BCUT2D eigenvalue weighted by atomic mass is 31.2. The van der Waals surface area contributed by atoms with Gasteiger partial charge in [-0.2, -0.15) is 0 Å². The van der Waals surface area contributed by atoms with Gasteiger partial charge in [0.1, 0.15) is 19.3 Å². The SMILES string of the molecule is CCC(C)CCCCCCCCCCC(=O)OC[C@H](COP(=O)(O)OC[C@@H](O)COP(=O)(O)OC[C@@H](COC(=O)CCCCCCCCC(C)C)OC(=O)CCCCCCCCCCCCCCCCC(C)C)OC(=O)CCCCCCCCCCCCCCC(C)C. The van der Waals surface area contributed by atoms with Crippen LogP contribution in [0.25, 0.3) is 0 Å². The molecule has 0 aromatic carbocycles. The summed E-state index contributed by atoms with van der Waals surface area (Å²) in [6, 6.07) is 0. The van der Waals surface area contributed by atoms with Gasteiger partial charge in [0.25, 0.3) is 0 Å². The van der Waals surface area contributed by atoms with Gasteiger partial charge in [-0.05, 0) is 49.4 Å². The Morgan fingerprint density at radius 2 is 0.516 bits per heavy atom. The number of carbonyl (C=O) groups is 4. The van der Waals surface area contributed by atoms with E-state index in [9.17, 15) is 43.2 Å². The van der Waals surface area contributed by atoms with Gasteiger partial charge in [-0.25, -0.2) is 9.13 Å². The fourth-order valence-corrected chi connectivity index (χ4v) is 12.7. The van der Waals surface area contributed by atoms with Crippen molar-refractivity contribution in [1.29, 1.82) is 0 Å². The van der Waals surface area contributed by atoms with Crippen LogP contribution in [0.4, 0.5) is 0 Å². The van der Waals surface area contributed by atoms with Crippen LogP contribution >= 0.6 is 15.6 Å². The summed E-state index contributed by atoms with van der Waals surface area (Å²) in [5, 5.41) is 10.6. The van der Waals surface area contributed by atoms with Gasteiger partial charge >= 0.3 is 39.5 Å². The lowest BCUT2D eigenvalue weighted by Gasteiger charge is -2.21. The lowest BCUT2D eigenvalue weighted by molar-refractivity contribution is -0.161. The molecule has 0 aliphatic heterocycles. The first kappa shape index (κ1) is 91.1. The fourth-order valence-electron chi connectivity index (χ4n) is 11.2. The molecule has 19 heteroatoms. The second-order valence-electron chi connectivity index (χ2n) is 28.4. The first-order chi connectivity index (χ1) is 44.6. The molecule has 0 radical (unpaired) electrons. The Kier molecular flexibility index (Phi) is 62.2. The normalized spacial score (nSPS) is 14.5. The number of hydrogen-bond donors (Lipinski definition) is 3. The number of carbonyl (C=O) groups excluding carboxylic acids is 4. The van der Waals surface area contributed by atoms with Crippen molar-refractivity contribution >= 4 is 39.5 Å². The van der Waals surface area contributed by atoms with Crippen molar-refractivity contribution in [1.82, 2.24) is 0 Å². The van der Waals surface area contributed by atoms with Crippen LogP contribution in [0.1, 0.15) is 370 Å². The zero-order valence-corrected chi connectivity index (χ0v) is 62.7. The zero-order chi connectivity index (χ0) is 68.9. The number of rotatable bonds is 71. The molecular weight excluding hydrogens is 1220 g/mol. The first-order valence-electron chi connectivity index (χ1n) is 38.2. The summed E-state index contributed by atoms with van der Waals surface area (Å²) in [6.07, 6.45) is 47.3. The van der Waals surface area contributed by atoms with Crippen LogP contribution in [0, 0.1) is 23.7 Å². The van der Waals surface area contributed by atoms with E-state index in [1.54, 1.807) is 0 Å². The third kappa shape index (κ3) is 67.0. The molecule has 6 atom stereocenters. The Morgan fingerprint density at radius 3 is 0.763 bits per heavy atom. The highest BCUT2D eigenvalue weighted by Gasteiger charge is 2.30. The van der Waals surface area contributed by atoms with Crippen molar-refractivity contribution < 1.29 is 80.2 Å². The molecule has 0 aromatic rings. The smallest absolute Gasteiger partial charge is 0.462 e. The summed E-state index contributed by atoms with van der Waals surface area (Å²) in [5.41, 5.74) is 0. The maximum atomic E-state index is 13.0. The Hall–Kier alpha value is -1.94. The summed E-state index contributed by atoms with van der Waals surface area (Å²) in [5.74, 6) is 0.903. The third-order valence-electron chi connectivity index (χ3n) is 17.4. The molecule has 0 amide bonds. The van der Waals surface area contributed by atoms with E-state index in [0.29, 0.717) is 31.6 Å². The number of aliphatic hydroxyl groups excluding tert-OH is 1. The fraction of sp³-hybridized carbons (Fsp3) is 0.946. The lowest BCUT2D eigenvalue weighted by Crippen LogP contribution is -2.30. The summed E-state index contributed by atoms with van der Waals surface area (Å²) in [6.45, 7) is 14.1. The van der Waals surface area contributed by atoms with E-state index in [-0.39, 0.29) is 25.7 Å². The van der Waals surface area contributed by atoms with Crippen LogP contribution in [0.3, 0.4) is 0 Å². The molecule has 0 spiro atoms. The number of esters is 4. The standard InChI is InChI=1S/C74H144O17P2/c1-9-67(8)53-45-37-28-24-25-29-38-46-54-71(76)84-60-69(90-73(78)57-49-41-31-23-19-15-14-17-21-27-35-43-51-65(4)5)62-88-92(80,81)86-58-68(75)59-87-93(82,83)89-63-70(61-85-72(77)55-47-39-33-32-36-44-52-66(6)7)91-74(79)56-48-40-30-22-18-13-11-10-12-16-20-26-34-42-50-64(2)3/h64-70,75H,9-63H2,1-8H3,(H,80,81)(H,82,83)/t67?,68-,69-,70-/m1/s1. The second kappa shape index (κ2) is 63.5. The van der Waals surface area contributed by atoms with E-state index < -0.39 is 97.5 Å². The van der Waals surface area contributed by atoms with E-state index in [4.69, 9.17) is 37.0 Å². The monoisotopic (exact) mass is 1370 g/mol. The highest BCUT2D eigenvalue weighted by Crippen LogP contribution is 2.45. The van der Waals surface area contributed by atoms with E-state index in [1.807, 2.05) is 0 Å². The molecular formula is C74H144O17P2. The van der Waals surface area contributed by atoms with Crippen LogP contribution in [0.5, 0.6) is 0 Å². The Morgan fingerprint density at radius 1 is 0.301 bits per heavy atom. The Labute approximate surface area is 568 Å². The van der Waals surface area contributed by atoms with E-state index in [1.165, 1.54) is 167 Å². The average molecular weight is 1370 g/mol. The molecule has 0 heterocycles.